The van der Waals surface area contributed by atoms with E-state index in [2.05, 4.69) is 0 Å². The van der Waals surface area contributed by atoms with Crippen molar-refractivity contribution in [3.05, 3.63) is 48.0 Å². The quantitative estimate of drug-likeness (QED) is 0.264. The van der Waals surface area contributed by atoms with Gasteiger partial charge in [0.25, 0.3) is 0 Å². The summed E-state index contributed by atoms with van der Waals surface area (Å²) in [4.78, 5) is 33.0. The smallest absolute Gasteiger partial charge is 0.335 e. The number of hydrogen-bond donors (Lipinski definition) is 3. The summed E-state index contributed by atoms with van der Waals surface area (Å²) < 4.78 is 39.7. The van der Waals surface area contributed by atoms with Gasteiger partial charge < -0.3 is 24.7 Å². The van der Waals surface area contributed by atoms with Crippen LogP contribution in [0, 0.1) is 0 Å². The Labute approximate surface area is 178 Å². The number of nitrogens with zero attached hydrogens (tertiary/aromatic N) is 2. The third-order valence-corrected chi connectivity index (χ3v) is 7.33. The molecule has 1 aliphatic heterocycles. The maximum Gasteiger partial charge on any atom is 0.335 e. The molecule has 11 heteroatoms. The predicted octanol–water partition coefficient (Wildman–Crippen LogP) is 3.08. The van der Waals surface area contributed by atoms with Crippen molar-refractivity contribution in [2.24, 2.45) is 0 Å². The van der Waals surface area contributed by atoms with E-state index in [0.29, 0.717) is 31.7 Å². The molecular weight excluding hydrogens is 437 g/mol. The Morgan fingerprint density at radius 1 is 1.30 bits per heavy atom. The lowest BCUT2D eigenvalue weighted by molar-refractivity contribution is -0.0929. The second-order valence-corrected chi connectivity index (χ2v) is 10.3. The van der Waals surface area contributed by atoms with Crippen LogP contribution in [0.1, 0.15) is 18.4 Å². The second kappa shape index (κ2) is 10.7. The summed E-state index contributed by atoms with van der Waals surface area (Å²) in [5.74, 6) is -2.90. The van der Waals surface area contributed by atoms with Gasteiger partial charge in [0, 0.05) is 25.7 Å². The number of hydrogen-bond acceptors (Lipinski definition) is 4. The van der Waals surface area contributed by atoms with Crippen LogP contribution >= 0.6 is 19.4 Å². The second-order valence-electron chi connectivity index (χ2n) is 7.15. The number of halogens is 2. The molecule has 2 atom stereocenters. The van der Waals surface area contributed by atoms with Crippen LogP contribution in [-0.2, 0) is 10.5 Å². The lowest BCUT2D eigenvalue weighted by Gasteiger charge is -2.23. The van der Waals surface area contributed by atoms with Crippen LogP contribution in [0.3, 0.4) is 0 Å². The van der Waals surface area contributed by atoms with E-state index in [1.165, 1.54) is 35.2 Å². The summed E-state index contributed by atoms with van der Waals surface area (Å²) in [5, 5.41) is 10.0. The van der Waals surface area contributed by atoms with Gasteiger partial charge in [0.2, 0.25) is 0 Å². The van der Waals surface area contributed by atoms with Gasteiger partial charge in [0.05, 0.1) is 11.5 Å². The highest BCUT2D eigenvalue weighted by molar-refractivity contribution is 8.04. The van der Waals surface area contributed by atoms with Crippen molar-refractivity contribution in [3.8, 4) is 0 Å². The lowest BCUT2D eigenvalue weighted by atomic mass is 10.0. The number of benzene rings is 1. The van der Waals surface area contributed by atoms with E-state index in [1.54, 1.807) is 18.0 Å². The number of likely N-dealkylation sites (N-methyl/N-ethyl adjacent to an activating group) is 1. The van der Waals surface area contributed by atoms with Crippen LogP contribution in [0.5, 0.6) is 0 Å². The first-order valence-electron chi connectivity index (χ1n) is 9.46. The number of carbonyl (C=O) groups excluding carboxylic acids is 1. The topological polar surface area (TPSA) is 101 Å². The number of urea groups is 1. The van der Waals surface area contributed by atoms with E-state index in [9.17, 15) is 23.2 Å². The van der Waals surface area contributed by atoms with Gasteiger partial charge in [0.15, 0.2) is 0 Å². The van der Waals surface area contributed by atoms with E-state index in [4.69, 9.17) is 9.79 Å². The molecule has 1 unspecified atom stereocenters. The first-order chi connectivity index (χ1) is 14.0. The molecule has 0 bridgehead atoms. The number of aliphatic hydroxyl groups is 1. The van der Waals surface area contributed by atoms with Crippen molar-refractivity contribution in [2.45, 2.75) is 30.9 Å². The molecule has 1 aliphatic rings. The van der Waals surface area contributed by atoms with Gasteiger partial charge in [-0.3, -0.25) is 4.57 Å². The standard InChI is InChI=1S/C19H27F2N2O5PS/c1-22-13-16(9-10-17(24)19(20,21)15-7-3-2-4-8-15)23(18(22)25)11-5-6-12-30-14-29(26,27)28/h2-4,7-10,16-17,24H,5-6,11-14H2,1H3,(H2,26,27,28)/t16-,17?/m0/s1. The minimum Gasteiger partial charge on any atom is -0.382 e. The number of carbonyl (C=O) groups is 1. The molecule has 0 spiro atoms. The normalized spacial score (nSPS) is 19.1. The summed E-state index contributed by atoms with van der Waals surface area (Å²) >= 11 is 1.15. The van der Waals surface area contributed by atoms with Gasteiger partial charge in [-0.15, -0.1) is 11.8 Å². The zero-order chi connectivity index (χ0) is 22.4. The SMILES string of the molecule is CN1C[C@H](C=CC(O)C(F)(F)c2ccccc2)N(CCCCSCP(=O)(O)O)C1=O. The molecule has 0 aromatic heterocycles. The Bertz CT molecular complexity index is 777. The Kier molecular flexibility index (Phi) is 8.87. The number of aliphatic hydroxyl groups excluding tert-OH is 1. The Balaban J connectivity index is 1.91. The molecule has 30 heavy (non-hydrogen) atoms. The molecule has 1 saturated heterocycles. The minimum absolute atomic E-state index is 0.225. The van der Waals surface area contributed by atoms with Crippen molar-refractivity contribution in [1.82, 2.24) is 9.80 Å². The third-order valence-electron chi connectivity index (χ3n) is 4.68. The summed E-state index contributed by atoms with van der Waals surface area (Å²) in [5.41, 5.74) is -0.525. The van der Waals surface area contributed by atoms with Crippen molar-refractivity contribution >= 4 is 25.4 Å². The largest absolute Gasteiger partial charge is 0.382 e. The minimum atomic E-state index is -4.02. The zero-order valence-electron chi connectivity index (χ0n) is 16.6. The van der Waals surface area contributed by atoms with Crippen LogP contribution in [0.25, 0.3) is 0 Å². The predicted molar refractivity (Wildman–Crippen MR) is 113 cm³/mol. The fraction of sp³-hybridized carbons (Fsp3) is 0.526. The van der Waals surface area contributed by atoms with Crippen molar-refractivity contribution in [1.29, 1.82) is 0 Å². The molecule has 7 nitrogen and oxygen atoms in total. The molecule has 0 aliphatic carbocycles. The van der Waals surface area contributed by atoms with E-state index < -0.39 is 25.7 Å². The maximum atomic E-state index is 14.4. The highest BCUT2D eigenvalue weighted by Crippen LogP contribution is 2.38. The van der Waals surface area contributed by atoms with Crippen LogP contribution < -0.4 is 0 Å². The van der Waals surface area contributed by atoms with E-state index in [0.717, 1.165) is 17.8 Å². The zero-order valence-corrected chi connectivity index (χ0v) is 18.3. The molecule has 0 radical (unpaired) electrons. The van der Waals surface area contributed by atoms with Gasteiger partial charge in [-0.05, 0) is 18.6 Å². The molecule has 1 heterocycles. The Morgan fingerprint density at radius 2 is 1.97 bits per heavy atom. The van der Waals surface area contributed by atoms with Crippen molar-refractivity contribution < 1.29 is 33.0 Å². The molecule has 1 fully saturated rings. The van der Waals surface area contributed by atoms with Gasteiger partial charge in [-0.2, -0.15) is 8.78 Å². The maximum absolute atomic E-state index is 14.4. The Hall–Kier alpha value is -1.45. The first kappa shape index (κ1) is 24.8. The van der Waals surface area contributed by atoms with Gasteiger partial charge in [0.1, 0.15) is 6.10 Å². The molecule has 2 rings (SSSR count). The monoisotopic (exact) mass is 464 g/mol. The Morgan fingerprint density at radius 3 is 2.60 bits per heavy atom. The molecule has 1 aromatic rings. The van der Waals surface area contributed by atoms with Crippen LogP contribution in [0.15, 0.2) is 42.5 Å². The summed E-state index contributed by atoms with van der Waals surface area (Å²) in [6.07, 6.45) is 1.72. The number of rotatable bonds is 11. The van der Waals surface area contributed by atoms with Crippen molar-refractivity contribution in [3.63, 3.8) is 0 Å². The average Bonchev–Trinajstić information content (AvgIpc) is 2.96. The third kappa shape index (κ3) is 7.06. The van der Waals surface area contributed by atoms with E-state index in [-0.39, 0.29) is 17.1 Å². The van der Waals surface area contributed by atoms with Gasteiger partial charge in [-0.25, -0.2) is 4.79 Å². The number of unbranched alkanes of at least 4 members (excludes halogenated alkanes) is 1. The fourth-order valence-electron chi connectivity index (χ4n) is 3.10. The molecule has 1 aromatic carbocycles. The average molecular weight is 464 g/mol. The molecular formula is C19H27F2N2O5PS. The summed E-state index contributed by atoms with van der Waals surface area (Å²) in [6.45, 7) is 0.714. The van der Waals surface area contributed by atoms with Gasteiger partial charge >= 0.3 is 19.5 Å². The number of thioether (sulfide) groups is 1. The highest BCUT2D eigenvalue weighted by Gasteiger charge is 2.39. The van der Waals surface area contributed by atoms with Crippen molar-refractivity contribution in [2.75, 3.05) is 31.4 Å². The molecule has 0 saturated carbocycles. The van der Waals surface area contributed by atoms with Crippen LogP contribution in [-0.4, -0.2) is 74.3 Å². The summed E-state index contributed by atoms with van der Waals surface area (Å²) in [7, 11) is -2.40. The van der Waals surface area contributed by atoms with Crippen LogP contribution in [0.4, 0.5) is 13.6 Å². The van der Waals surface area contributed by atoms with Crippen LogP contribution in [0.2, 0.25) is 0 Å². The molecule has 3 N–H and O–H groups in total. The number of amides is 2. The van der Waals surface area contributed by atoms with E-state index in [1.807, 2.05) is 0 Å². The molecule has 2 amide bonds. The summed E-state index contributed by atoms with van der Waals surface area (Å²) in [6, 6.07) is 6.41. The highest BCUT2D eigenvalue weighted by atomic mass is 32.2. The fourth-order valence-corrected chi connectivity index (χ4v) is 4.98. The molecule has 168 valence electrons. The lowest BCUT2D eigenvalue weighted by Crippen LogP contribution is -2.35. The van der Waals surface area contributed by atoms with E-state index >= 15 is 0 Å². The van der Waals surface area contributed by atoms with Gasteiger partial charge in [-0.1, -0.05) is 42.5 Å². The first-order valence-corrected chi connectivity index (χ1v) is 12.4. The number of alkyl halides is 2.